The van der Waals surface area contributed by atoms with Crippen LogP contribution in [-0.2, 0) is 25.3 Å². The Morgan fingerprint density at radius 2 is 1.09 bits per heavy atom. The zero-order chi connectivity index (χ0) is 21.3. The fraction of sp³-hybridized carbons (Fsp3) is 0.926. The summed E-state index contributed by atoms with van der Waals surface area (Å²) in [5.74, 6) is 6.94. The minimum absolute atomic E-state index is 0. The second-order valence-electron chi connectivity index (χ2n) is 11.9. The Balaban J connectivity index is 0.000000690. The number of fused-ring (bicyclic) bond motifs is 4. The van der Waals surface area contributed by atoms with Crippen LogP contribution in [0.5, 0.6) is 0 Å². The van der Waals surface area contributed by atoms with E-state index in [9.17, 15) is 0 Å². The Bertz CT molecular complexity index is 540. The Labute approximate surface area is 220 Å². The topological polar surface area (TPSA) is 9.23 Å². The van der Waals surface area contributed by atoms with E-state index in [0.717, 1.165) is 47.0 Å². The molecule has 0 radical (unpaired) electrons. The van der Waals surface area contributed by atoms with Gasteiger partial charge in [-0.15, -0.1) is 0 Å². The molecule has 8 atom stereocenters. The van der Waals surface area contributed by atoms with E-state index in [4.69, 9.17) is 21.5 Å². The van der Waals surface area contributed by atoms with E-state index in [2.05, 4.69) is 20.0 Å². The molecular formula is C27H50Cl2OSiZr. The summed E-state index contributed by atoms with van der Waals surface area (Å²) in [4.78, 5) is 0. The second-order valence-corrected chi connectivity index (χ2v) is 19.8. The molecule has 0 bridgehead atoms. The van der Waals surface area contributed by atoms with Gasteiger partial charge in [0.05, 0.1) is 6.10 Å². The minimum atomic E-state index is -1.67. The molecule has 0 amide bonds. The molecule has 0 spiro atoms. The van der Waals surface area contributed by atoms with Crippen LogP contribution in [0.25, 0.3) is 0 Å². The summed E-state index contributed by atoms with van der Waals surface area (Å²) >= 11 is -0.826. The van der Waals surface area contributed by atoms with Gasteiger partial charge in [0.2, 0.25) is 0 Å². The van der Waals surface area contributed by atoms with Crippen LogP contribution in [0, 0.1) is 56.3 Å². The van der Waals surface area contributed by atoms with Crippen LogP contribution in [0.1, 0.15) is 90.4 Å². The molecular weight excluding hydrogens is 531 g/mol. The first kappa shape index (κ1) is 29.9. The molecule has 0 aromatic carbocycles. The molecule has 5 rings (SSSR count). The quantitative estimate of drug-likeness (QED) is 0.238. The third-order valence-corrected chi connectivity index (χ3v) is 13.4. The van der Waals surface area contributed by atoms with Crippen molar-refractivity contribution >= 4 is 25.3 Å². The van der Waals surface area contributed by atoms with E-state index in [1.54, 1.807) is 12.8 Å². The SMILES string of the molecule is CC1CC2CCCCC2C1O[Si](C)(C)C1C2CCCCC2C2CCCCC21.[CH3-].[CH3-].[Cl][Zr+2][Cl]. The molecule has 5 heteroatoms. The van der Waals surface area contributed by atoms with Crippen LogP contribution in [0.15, 0.2) is 0 Å². The second kappa shape index (κ2) is 13.3. The molecule has 0 saturated heterocycles. The predicted molar refractivity (Wildman–Crippen MR) is 141 cm³/mol. The predicted octanol–water partition coefficient (Wildman–Crippen LogP) is 9.70. The summed E-state index contributed by atoms with van der Waals surface area (Å²) in [6.07, 6.45) is 20.2. The van der Waals surface area contributed by atoms with E-state index in [0.29, 0.717) is 6.10 Å². The Morgan fingerprint density at radius 3 is 1.59 bits per heavy atom. The fourth-order valence-electron chi connectivity index (χ4n) is 9.31. The molecule has 5 fully saturated rings. The number of hydrogen-bond donors (Lipinski definition) is 0. The molecule has 32 heavy (non-hydrogen) atoms. The Morgan fingerprint density at radius 1 is 0.688 bits per heavy atom. The normalized spacial score (nSPS) is 42.6. The summed E-state index contributed by atoms with van der Waals surface area (Å²) in [7, 11) is 8.20. The van der Waals surface area contributed by atoms with Crippen molar-refractivity contribution in [3.05, 3.63) is 14.9 Å². The van der Waals surface area contributed by atoms with Crippen LogP contribution >= 0.6 is 17.0 Å². The summed E-state index contributed by atoms with van der Waals surface area (Å²) in [5, 5.41) is 0. The summed E-state index contributed by atoms with van der Waals surface area (Å²) in [6, 6.07) is 0. The number of rotatable bonds is 3. The molecule has 5 saturated carbocycles. The van der Waals surface area contributed by atoms with Gasteiger partial charge in [-0.1, -0.05) is 64.7 Å². The molecule has 5 aliphatic rings. The molecule has 0 aromatic rings. The Hall–Kier alpha value is 1.64. The van der Waals surface area contributed by atoms with Gasteiger partial charge in [-0.2, -0.15) is 0 Å². The van der Waals surface area contributed by atoms with Crippen molar-refractivity contribution in [1.82, 2.24) is 0 Å². The maximum atomic E-state index is 7.40. The van der Waals surface area contributed by atoms with Gasteiger partial charge in [-0.05, 0) is 85.7 Å². The molecule has 0 heterocycles. The average molecular weight is 581 g/mol. The first-order valence-corrected chi connectivity index (χ1v) is 22.4. The molecule has 0 N–H and O–H groups in total. The van der Waals surface area contributed by atoms with Gasteiger partial charge in [0.1, 0.15) is 0 Å². The van der Waals surface area contributed by atoms with E-state index in [1.165, 1.54) is 70.6 Å². The van der Waals surface area contributed by atoms with Gasteiger partial charge < -0.3 is 19.3 Å². The third kappa shape index (κ3) is 6.12. The third-order valence-electron chi connectivity index (χ3n) is 10.1. The van der Waals surface area contributed by atoms with Crippen molar-refractivity contribution in [2.75, 3.05) is 0 Å². The van der Waals surface area contributed by atoms with E-state index >= 15 is 0 Å². The van der Waals surface area contributed by atoms with Crippen LogP contribution in [0.4, 0.5) is 0 Å². The van der Waals surface area contributed by atoms with Gasteiger partial charge in [0.15, 0.2) is 8.32 Å². The standard InChI is InChI=1S/C25H44OSi.2CH3.2ClH.Zr/c1-17-16-18-10-4-5-11-19(18)24(17)26-27(2,3)25-22-14-8-6-12-20(22)21-13-7-9-15-23(21)25;;;;;/h17-25H,4-16H2,1-3H3;2*1H3;2*1H;/q;2*-1;;;+4/p-2. The van der Waals surface area contributed by atoms with Crippen molar-refractivity contribution in [3.63, 3.8) is 0 Å². The molecule has 8 unspecified atom stereocenters. The van der Waals surface area contributed by atoms with Crippen molar-refractivity contribution in [3.8, 4) is 0 Å². The van der Waals surface area contributed by atoms with Crippen molar-refractivity contribution < 1.29 is 25.3 Å². The van der Waals surface area contributed by atoms with Crippen molar-refractivity contribution in [1.29, 1.82) is 0 Å². The summed E-state index contributed by atoms with van der Waals surface area (Å²) in [5.41, 5.74) is 0.975. The number of halogens is 2. The van der Waals surface area contributed by atoms with E-state index < -0.39 is 29.2 Å². The van der Waals surface area contributed by atoms with Gasteiger partial charge in [-0.3, -0.25) is 0 Å². The summed E-state index contributed by atoms with van der Waals surface area (Å²) in [6.45, 7) is 7.83. The molecule has 0 aliphatic heterocycles. The Kier molecular flexibility index (Phi) is 12.4. The van der Waals surface area contributed by atoms with Crippen LogP contribution < -0.4 is 0 Å². The van der Waals surface area contributed by atoms with E-state index in [-0.39, 0.29) is 14.9 Å². The zero-order valence-electron chi connectivity index (χ0n) is 21.6. The van der Waals surface area contributed by atoms with Crippen LogP contribution in [-0.4, -0.2) is 14.4 Å². The summed E-state index contributed by atoms with van der Waals surface area (Å²) < 4.78 is 7.40. The monoisotopic (exact) mass is 578 g/mol. The van der Waals surface area contributed by atoms with Crippen LogP contribution in [0.3, 0.4) is 0 Å². The van der Waals surface area contributed by atoms with Gasteiger partial charge >= 0.3 is 37.9 Å². The van der Waals surface area contributed by atoms with Gasteiger partial charge in [0.25, 0.3) is 0 Å². The first-order chi connectivity index (χ1) is 14.5. The first-order valence-electron chi connectivity index (χ1n) is 13.1. The molecule has 1 nitrogen and oxygen atoms in total. The van der Waals surface area contributed by atoms with Gasteiger partial charge in [0, 0.05) is 0 Å². The number of hydrogen-bond acceptors (Lipinski definition) is 1. The van der Waals surface area contributed by atoms with Crippen LogP contribution in [0.2, 0.25) is 18.6 Å². The van der Waals surface area contributed by atoms with Crippen molar-refractivity contribution in [2.45, 2.75) is 115 Å². The fourth-order valence-corrected chi connectivity index (χ4v) is 13.5. The average Bonchev–Trinajstić information content (AvgIpc) is 3.24. The zero-order valence-corrected chi connectivity index (χ0v) is 26.5. The van der Waals surface area contributed by atoms with Crippen molar-refractivity contribution in [2.24, 2.45) is 41.4 Å². The van der Waals surface area contributed by atoms with Gasteiger partial charge in [-0.25, -0.2) is 0 Å². The van der Waals surface area contributed by atoms with E-state index in [1.807, 2.05) is 0 Å². The molecule has 186 valence electrons. The molecule has 0 aromatic heterocycles. The molecule has 5 aliphatic carbocycles. The maximum absolute atomic E-state index is 7.40.